The lowest BCUT2D eigenvalue weighted by Crippen LogP contribution is -2.49. The van der Waals surface area contributed by atoms with Crippen molar-refractivity contribution in [2.45, 2.75) is 37.1 Å². The van der Waals surface area contributed by atoms with Crippen LogP contribution in [0.1, 0.15) is 31.2 Å². The predicted octanol–water partition coefficient (Wildman–Crippen LogP) is 0.502. The van der Waals surface area contributed by atoms with Crippen LogP contribution in [0.4, 0.5) is 0 Å². The second-order valence-electron chi connectivity index (χ2n) is 6.18. The van der Waals surface area contributed by atoms with Crippen LogP contribution in [0.5, 0.6) is 0 Å². The summed E-state index contributed by atoms with van der Waals surface area (Å²) in [7, 11) is -3.81. The number of nitrogens with zero attached hydrogens (tertiary/aromatic N) is 1. The van der Waals surface area contributed by atoms with Gasteiger partial charge in [-0.2, -0.15) is 12.7 Å². The summed E-state index contributed by atoms with van der Waals surface area (Å²) in [6.45, 7) is 0.867. The van der Waals surface area contributed by atoms with Gasteiger partial charge in [0.2, 0.25) is 5.91 Å². The van der Waals surface area contributed by atoms with Gasteiger partial charge in [0, 0.05) is 18.5 Å². The molecule has 1 aromatic rings. The maximum absolute atomic E-state index is 12.3. The minimum absolute atomic E-state index is 0.0158. The fourth-order valence-corrected chi connectivity index (χ4v) is 4.13. The number of benzene rings is 1. The van der Waals surface area contributed by atoms with Crippen molar-refractivity contribution >= 4 is 16.1 Å². The average molecular weight is 323 g/mol. The zero-order chi connectivity index (χ0) is 15.8. The lowest BCUT2D eigenvalue weighted by Gasteiger charge is -2.23. The molecule has 7 heteroatoms. The molecule has 120 valence electrons. The molecule has 6 nitrogen and oxygen atoms in total. The van der Waals surface area contributed by atoms with Crippen molar-refractivity contribution in [3.05, 3.63) is 35.9 Å². The van der Waals surface area contributed by atoms with Gasteiger partial charge in [-0.15, -0.1) is 0 Å². The van der Waals surface area contributed by atoms with Crippen LogP contribution in [-0.2, 0) is 20.4 Å². The fourth-order valence-electron chi connectivity index (χ4n) is 3.19. The van der Waals surface area contributed by atoms with Crippen LogP contribution in [0.3, 0.4) is 0 Å². The van der Waals surface area contributed by atoms with Gasteiger partial charge in [0.1, 0.15) is 6.04 Å². The number of rotatable bonds is 5. The van der Waals surface area contributed by atoms with Crippen molar-refractivity contribution in [1.82, 2.24) is 9.62 Å². The Morgan fingerprint density at radius 2 is 2.00 bits per heavy atom. The first-order chi connectivity index (χ1) is 10.4. The topological polar surface area (TPSA) is 92.5 Å². The van der Waals surface area contributed by atoms with Crippen molar-refractivity contribution in [2.24, 2.45) is 5.14 Å². The van der Waals surface area contributed by atoms with Crippen molar-refractivity contribution in [1.29, 1.82) is 0 Å². The van der Waals surface area contributed by atoms with Gasteiger partial charge in [-0.25, -0.2) is 5.14 Å². The normalized spacial score (nSPS) is 24.1. The molecule has 1 aromatic carbocycles. The average Bonchev–Trinajstić information content (AvgIpc) is 3.10. The van der Waals surface area contributed by atoms with E-state index in [9.17, 15) is 13.2 Å². The summed E-state index contributed by atoms with van der Waals surface area (Å²) in [6, 6.07) is 9.45. The predicted molar refractivity (Wildman–Crippen MR) is 83.2 cm³/mol. The Morgan fingerprint density at radius 1 is 1.32 bits per heavy atom. The van der Waals surface area contributed by atoms with Crippen molar-refractivity contribution in [3.63, 3.8) is 0 Å². The summed E-state index contributed by atoms with van der Waals surface area (Å²) < 4.78 is 24.1. The molecular formula is C15H21N3O3S. The van der Waals surface area contributed by atoms with E-state index in [1.807, 2.05) is 18.2 Å². The van der Waals surface area contributed by atoms with Gasteiger partial charge in [0.15, 0.2) is 0 Å². The second-order valence-corrected chi connectivity index (χ2v) is 7.68. The minimum atomic E-state index is -3.81. The third-order valence-corrected chi connectivity index (χ3v) is 5.76. The van der Waals surface area contributed by atoms with Gasteiger partial charge in [0.25, 0.3) is 10.2 Å². The molecule has 2 aliphatic rings. The highest BCUT2D eigenvalue weighted by Gasteiger charge is 2.45. The Bertz CT molecular complexity index is 656. The van der Waals surface area contributed by atoms with E-state index in [1.165, 1.54) is 5.56 Å². The highest BCUT2D eigenvalue weighted by atomic mass is 32.2. The van der Waals surface area contributed by atoms with Crippen LogP contribution in [0.25, 0.3) is 0 Å². The lowest BCUT2D eigenvalue weighted by molar-refractivity contribution is -0.124. The maximum Gasteiger partial charge on any atom is 0.277 e. The molecular weight excluding hydrogens is 302 g/mol. The first kappa shape index (κ1) is 15.5. The second kappa shape index (κ2) is 5.64. The van der Waals surface area contributed by atoms with Crippen LogP contribution in [0.2, 0.25) is 0 Å². The molecule has 1 saturated carbocycles. The largest absolute Gasteiger partial charge is 0.354 e. The molecule has 3 N–H and O–H groups in total. The van der Waals surface area contributed by atoms with Gasteiger partial charge in [-0.3, -0.25) is 4.79 Å². The maximum atomic E-state index is 12.3. The zero-order valence-electron chi connectivity index (χ0n) is 12.4. The number of carbonyl (C=O) groups is 1. The molecule has 0 aromatic heterocycles. The fraction of sp³-hybridized carbons (Fsp3) is 0.533. The van der Waals surface area contributed by atoms with E-state index in [2.05, 4.69) is 17.4 Å². The summed E-state index contributed by atoms with van der Waals surface area (Å²) in [4.78, 5) is 12.3. The number of carbonyl (C=O) groups excluding carboxylic acids is 1. The minimum Gasteiger partial charge on any atom is -0.354 e. The molecule has 1 saturated heterocycles. The summed E-state index contributed by atoms with van der Waals surface area (Å²) in [5.74, 6) is -0.242. The van der Waals surface area contributed by atoms with Gasteiger partial charge < -0.3 is 5.32 Å². The molecule has 3 rings (SSSR count). The molecule has 0 bridgehead atoms. The third kappa shape index (κ3) is 3.02. The molecule has 2 fully saturated rings. The Morgan fingerprint density at radius 3 is 2.59 bits per heavy atom. The van der Waals surface area contributed by atoms with E-state index >= 15 is 0 Å². The number of hydrogen-bond donors (Lipinski definition) is 2. The molecule has 1 aliphatic carbocycles. The number of nitrogens with two attached hydrogens (primary N) is 1. The van der Waals surface area contributed by atoms with Gasteiger partial charge in [-0.05, 0) is 31.2 Å². The lowest BCUT2D eigenvalue weighted by atomic mass is 9.96. The molecule has 1 atom stereocenters. The summed E-state index contributed by atoms with van der Waals surface area (Å²) in [5, 5.41) is 8.10. The Labute approximate surface area is 130 Å². The van der Waals surface area contributed by atoms with Crippen LogP contribution < -0.4 is 10.5 Å². The summed E-state index contributed by atoms with van der Waals surface area (Å²) >= 11 is 0. The van der Waals surface area contributed by atoms with Crippen LogP contribution >= 0.6 is 0 Å². The quantitative estimate of drug-likeness (QED) is 0.826. The summed E-state index contributed by atoms with van der Waals surface area (Å²) in [5.41, 5.74) is 1.24. The molecule has 0 spiro atoms. The van der Waals surface area contributed by atoms with E-state index in [-0.39, 0.29) is 11.3 Å². The monoisotopic (exact) mass is 323 g/mol. The van der Waals surface area contributed by atoms with Gasteiger partial charge in [0.05, 0.1) is 0 Å². The first-order valence-electron chi connectivity index (χ1n) is 7.55. The van der Waals surface area contributed by atoms with Crippen molar-refractivity contribution < 1.29 is 13.2 Å². The molecule has 1 aliphatic heterocycles. The van der Waals surface area contributed by atoms with Gasteiger partial charge >= 0.3 is 0 Å². The van der Waals surface area contributed by atoms with E-state index in [1.54, 1.807) is 0 Å². The number of amides is 1. The Balaban J connectivity index is 1.64. The molecule has 1 amide bonds. The van der Waals surface area contributed by atoms with E-state index < -0.39 is 16.3 Å². The Kier molecular flexibility index (Phi) is 3.96. The van der Waals surface area contributed by atoms with Gasteiger partial charge in [-0.1, -0.05) is 30.3 Å². The highest BCUT2D eigenvalue weighted by molar-refractivity contribution is 7.86. The standard InChI is InChI=1S/C15H21N3O3S/c16-22(20,21)18-10-4-7-13(18)14(19)17-11-15(8-9-15)12-5-2-1-3-6-12/h1-3,5-6,13H,4,7-11H2,(H,17,19)(H2,16,20,21)/t13-/m1/s1. The molecule has 0 unspecified atom stereocenters. The summed E-state index contributed by atoms with van der Waals surface area (Å²) in [6.07, 6.45) is 3.28. The molecule has 22 heavy (non-hydrogen) atoms. The van der Waals surface area contributed by atoms with Crippen molar-refractivity contribution in [2.75, 3.05) is 13.1 Å². The highest BCUT2D eigenvalue weighted by Crippen LogP contribution is 2.47. The molecule has 0 radical (unpaired) electrons. The Hall–Kier alpha value is -1.44. The SMILES string of the molecule is NS(=O)(=O)N1CCC[C@@H]1C(=O)NCC1(c2ccccc2)CC1. The smallest absolute Gasteiger partial charge is 0.277 e. The molecule has 1 heterocycles. The van der Waals surface area contributed by atoms with Crippen LogP contribution in [0, 0.1) is 0 Å². The van der Waals surface area contributed by atoms with Crippen LogP contribution in [-0.4, -0.2) is 37.8 Å². The van der Waals surface area contributed by atoms with Crippen molar-refractivity contribution in [3.8, 4) is 0 Å². The zero-order valence-corrected chi connectivity index (χ0v) is 13.2. The number of nitrogens with one attached hydrogen (secondary N) is 1. The van der Waals surface area contributed by atoms with Crippen LogP contribution in [0.15, 0.2) is 30.3 Å². The van der Waals surface area contributed by atoms with E-state index in [0.29, 0.717) is 25.9 Å². The van der Waals surface area contributed by atoms with E-state index in [0.717, 1.165) is 17.1 Å². The number of hydrogen-bond acceptors (Lipinski definition) is 3. The van der Waals surface area contributed by atoms with E-state index in [4.69, 9.17) is 5.14 Å². The first-order valence-corrected chi connectivity index (χ1v) is 9.06. The third-order valence-electron chi connectivity index (χ3n) is 4.67.